The van der Waals surface area contributed by atoms with Crippen LogP contribution < -0.4 is 5.32 Å². The van der Waals surface area contributed by atoms with E-state index in [0.717, 1.165) is 13.1 Å². The molecule has 12 heteroatoms. The van der Waals surface area contributed by atoms with E-state index in [2.05, 4.69) is 26.8 Å². The summed E-state index contributed by atoms with van der Waals surface area (Å²) in [6.07, 6.45) is 2.78. The summed E-state index contributed by atoms with van der Waals surface area (Å²) >= 11 is 0. The molecule has 1 aliphatic heterocycles. The lowest BCUT2D eigenvalue weighted by Gasteiger charge is -2.36. The van der Waals surface area contributed by atoms with Crippen LogP contribution in [0.15, 0.2) is 54.1 Å². The molecular formula is C26H35ClN6O4S. The number of piperazine rings is 1. The summed E-state index contributed by atoms with van der Waals surface area (Å²) in [6, 6.07) is 8.18. The first-order chi connectivity index (χ1) is 17.6. The molecule has 1 saturated heterocycles. The number of fused-ring (bicyclic) bond motifs is 1. The van der Waals surface area contributed by atoms with Crippen molar-refractivity contribution >= 4 is 39.1 Å². The summed E-state index contributed by atoms with van der Waals surface area (Å²) in [6.45, 7) is 7.82. The lowest BCUT2D eigenvalue weighted by Crippen LogP contribution is -2.50. The number of carbonyl (C=O) groups is 1. The third-order valence-corrected chi connectivity index (χ3v) is 8.65. The Balaban J connectivity index is 0.00000400. The molecule has 206 valence electrons. The van der Waals surface area contributed by atoms with Gasteiger partial charge in [-0.25, -0.2) is 8.42 Å². The highest BCUT2D eigenvalue weighted by Crippen LogP contribution is 2.36. The van der Waals surface area contributed by atoms with Gasteiger partial charge in [0, 0.05) is 61.9 Å². The van der Waals surface area contributed by atoms with Crippen LogP contribution in [0.25, 0.3) is 22.2 Å². The maximum atomic E-state index is 13.4. The Labute approximate surface area is 229 Å². The molecule has 1 aromatic carbocycles. The largest absolute Gasteiger partial charge is 0.494 e. The number of aromatic amines is 1. The van der Waals surface area contributed by atoms with Crippen molar-refractivity contribution in [1.29, 1.82) is 0 Å². The van der Waals surface area contributed by atoms with Gasteiger partial charge in [-0.2, -0.15) is 0 Å². The van der Waals surface area contributed by atoms with Gasteiger partial charge in [-0.3, -0.25) is 14.7 Å². The molecule has 1 fully saturated rings. The second-order valence-electron chi connectivity index (χ2n) is 9.56. The van der Waals surface area contributed by atoms with Gasteiger partial charge >= 0.3 is 0 Å². The Hall–Kier alpha value is -2.96. The molecule has 0 radical (unpaired) electrons. The predicted molar refractivity (Wildman–Crippen MR) is 152 cm³/mol. The van der Waals surface area contributed by atoms with Crippen LogP contribution in [-0.2, 0) is 9.84 Å². The third-order valence-electron chi connectivity index (χ3n) is 6.62. The number of halogens is 1. The second kappa shape index (κ2) is 12.3. The van der Waals surface area contributed by atoms with Gasteiger partial charge in [-0.1, -0.05) is 6.08 Å². The number of sulfone groups is 1. The van der Waals surface area contributed by atoms with Crippen LogP contribution in [0.3, 0.4) is 0 Å². The number of hydrogen-bond acceptors (Lipinski definition) is 8. The van der Waals surface area contributed by atoms with E-state index in [0.29, 0.717) is 53.9 Å². The molecule has 10 nitrogen and oxygen atoms in total. The van der Waals surface area contributed by atoms with Crippen molar-refractivity contribution in [3.05, 3.63) is 54.7 Å². The molecule has 2 aromatic heterocycles. The number of nitrogens with one attached hydrogen (secondary N) is 2. The summed E-state index contributed by atoms with van der Waals surface area (Å²) in [4.78, 5) is 26.0. The van der Waals surface area contributed by atoms with E-state index in [-0.39, 0.29) is 29.1 Å². The van der Waals surface area contributed by atoms with Gasteiger partial charge in [0.05, 0.1) is 16.2 Å². The maximum Gasteiger partial charge on any atom is 0.251 e. The van der Waals surface area contributed by atoms with Crippen molar-refractivity contribution in [2.45, 2.75) is 10.3 Å². The van der Waals surface area contributed by atoms with Crippen LogP contribution in [0.2, 0.25) is 0 Å². The van der Waals surface area contributed by atoms with Gasteiger partial charge < -0.3 is 25.2 Å². The summed E-state index contributed by atoms with van der Waals surface area (Å²) in [7, 11) is 2.13. The third kappa shape index (κ3) is 6.19. The zero-order chi connectivity index (χ0) is 26.7. The molecule has 0 spiro atoms. The highest BCUT2D eigenvalue weighted by Gasteiger charge is 2.32. The number of H-pyrrole nitrogens is 1. The highest BCUT2D eigenvalue weighted by molar-refractivity contribution is 7.92. The topological polar surface area (TPSA) is 122 Å². The second-order valence-corrected chi connectivity index (χ2v) is 11.6. The number of amides is 1. The van der Waals surface area contributed by atoms with Crippen molar-refractivity contribution < 1.29 is 18.3 Å². The lowest BCUT2D eigenvalue weighted by molar-refractivity contribution is 0.0951. The number of pyridine rings is 1. The average molecular weight is 563 g/mol. The van der Waals surface area contributed by atoms with Crippen molar-refractivity contribution in [2.24, 2.45) is 0 Å². The van der Waals surface area contributed by atoms with E-state index >= 15 is 0 Å². The number of aromatic nitrogens is 2. The molecule has 0 aliphatic carbocycles. The molecule has 3 N–H and O–H groups in total. The Morgan fingerprint density at radius 1 is 1.24 bits per heavy atom. The maximum absolute atomic E-state index is 13.4. The fourth-order valence-electron chi connectivity index (χ4n) is 4.46. The molecule has 0 saturated carbocycles. The van der Waals surface area contributed by atoms with Crippen molar-refractivity contribution in [3.8, 4) is 17.1 Å². The number of rotatable bonds is 9. The van der Waals surface area contributed by atoms with Crippen LogP contribution >= 0.6 is 12.4 Å². The summed E-state index contributed by atoms with van der Waals surface area (Å²) in [5.74, 6) is -0.325. The van der Waals surface area contributed by atoms with Crippen LogP contribution in [0.1, 0.15) is 10.4 Å². The Morgan fingerprint density at radius 2 is 1.95 bits per heavy atom. The van der Waals surface area contributed by atoms with Gasteiger partial charge in [-0.15, -0.1) is 19.0 Å². The summed E-state index contributed by atoms with van der Waals surface area (Å²) < 4.78 is 26.8. The number of hydrogen-bond donors (Lipinski definition) is 3. The molecule has 1 atom stereocenters. The summed E-state index contributed by atoms with van der Waals surface area (Å²) in [5, 5.41) is 13.3. The first-order valence-electron chi connectivity index (χ1n) is 12.1. The number of likely N-dealkylation sites (N-methyl/N-ethyl adjacent to an activating group) is 2. The van der Waals surface area contributed by atoms with E-state index in [4.69, 9.17) is 0 Å². The van der Waals surface area contributed by atoms with E-state index in [1.165, 1.54) is 18.3 Å². The SMILES string of the molecule is C=CC(N1CCN(C)CC1)S(=O)(=O)c1ccc(-c2c(O)[nH]c3ccc(C(=O)NCCN(C)C)cc23)nc1.Cl. The van der Waals surface area contributed by atoms with Gasteiger partial charge in [0.1, 0.15) is 5.37 Å². The van der Waals surface area contributed by atoms with E-state index < -0.39 is 15.2 Å². The first-order valence-corrected chi connectivity index (χ1v) is 13.7. The molecule has 1 amide bonds. The van der Waals surface area contributed by atoms with Crippen molar-refractivity contribution in [1.82, 2.24) is 30.0 Å². The molecular weight excluding hydrogens is 528 g/mol. The molecule has 0 bridgehead atoms. The van der Waals surface area contributed by atoms with Gasteiger partial charge in [0.25, 0.3) is 5.91 Å². The summed E-state index contributed by atoms with van der Waals surface area (Å²) in [5.41, 5.74) is 1.88. The molecule has 4 rings (SSSR count). The number of benzene rings is 1. The lowest BCUT2D eigenvalue weighted by atomic mass is 10.1. The molecule has 38 heavy (non-hydrogen) atoms. The fraction of sp³-hybridized carbons (Fsp3) is 0.385. The van der Waals surface area contributed by atoms with E-state index in [1.54, 1.807) is 24.3 Å². The fourth-order valence-corrected chi connectivity index (χ4v) is 6.05. The minimum atomic E-state index is -3.74. The van der Waals surface area contributed by atoms with Gasteiger partial charge in [0.15, 0.2) is 15.7 Å². The number of nitrogens with zero attached hydrogens (tertiary/aromatic N) is 4. The van der Waals surface area contributed by atoms with Crippen LogP contribution in [0, 0.1) is 0 Å². The van der Waals surface area contributed by atoms with Crippen LogP contribution in [0.5, 0.6) is 5.88 Å². The zero-order valence-corrected chi connectivity index (χ0v) is 23.5. The Morgan fingerprint density at radius 3 is 2.55 bits per heavy atom. The van der Waals surface area contributed by atoms with Crippen molar-refractivity contribution in [3.63, 3.8) is 0 Å². The number of carbonyl (C=O) groups excluding carboxylic acids is 1. The van der Waals surface area contributed by atoms with E-state index in [9.17, 15) is 18.3 Å². The quantitative estimate of drug-likeness (QED) is 0.339. The molecule has 3 aromatic rings. The van der Waals surface area contributed by atoms with Crippen LogP contribution in [-0.4, -0.2) is 110 Å². The smallest absolute Gasteiger partial charge is 0.251 e. The minimum Gasteiger partial charge on any atom is -0.494 e. The minimum absolute atomic E-state index is 0. The van der Waals surface area contributed by atoms with E-state index in [1.807, 2.05) is 30.9 Å². The molecule has 3 heterocycles. The zero-order valence-electron chi connectivity index (χ0n) is 21.8. The normalized spacial score (nSPS) is 15.8. The van der Waals surface area contributed by atoms with Gasteiger partial charge in [-0.05, 0) is 51.5 Å². The average Bonchev–Trinajstić information content (AvgIpc) is 3.20. The highest BCUT2D eigenvalue weighted by atomic mass is 35.5. The molecule has 1 unspecified atom stereocenters. The first kappa shape index (κ1) is 29.6. The van der Waals surface area contributed by atoms with Crippen LogP contribution in [0.4, 0.5) is 0 Å². The Kier molecular flexibility index (Phi) is 9.55. The van der Waals surface area contributed by atoms with Crippen molar-refractivity contribution in [2.75, 3.05) is 60.4 Å². The predicted octanol–water partition coefficient (Wildman–Crippen LogP) is 2.18. The Bertz CT molecular complexity index is 1380. The monoisotopic (exact) mass is 562 g/mol. The standard InChI is InChI=1S/C26H34N6O4S.ClH/c1-5-23(32-14-12-31(4)13-15-32)37(35,36)19-7-9-22(28-17-19)24-20-16-18(6-8-21(20)29-26(24)34)25(33)27-10-11-30(2)3;/h5-9,16-17,23,29,34H,1,10-15H2,2-4H3,(H,27,33);1H. The number of aromatic hydroxyl groups is 1. The molecule has 1 aliphatic rings. The van der Waals surface area contributed by atoms with Gasteiger partial charge in [0.2, 0.25) is 0 Å².